The first-order valence-electron chi connectivity index (χ1n) is 10.9. The maximum absolute atomic E-state index is 5.88. The summed E-state index contributed by atoms with van der Waals surface area (Å²) in [5.74, 6) is 1.07. The van der Waals surface area contributed by atoms with Crippen LogP contribution >= 0.6 is 45.2 Å². The number of hydrogen-bond acceptors (Lipinski definition) is 3. The van der Waals surface area contributed by atoms with E-state index in [1.807, 2.05) is 12.1 Å². The van der Waals surface area contributed by atoms with Gasteiger partial charge in [-0.15, -0.1) is 0 Å². The van der Waals surface area contributed by atoms with Gasteiger partial charge in [-0.3, -0.25) is 4.90 Å². The van der Waals surface area contributed by atoms with Gasteiger partial charge in [-0.2, -0.15) is 0 Å². The summed E-state index contributed by atoms with van der Waals surface area (Å²) in [4.78, 5) is 4.64. The predicted octanol–water partition coefficient (Wildman–Crippen LogP) is 7.65. The van der Waals surface area contributed by atoms with Crippen LogP contribution < -0.4 is 0 Å². The van der Waals surface area contributed by atoms with Crippen molar-refractivity contribution < 1.29 is 4.42 Å². The summed E-state index contributed by atoms with van der Waals surface area (Å²) in [6.07, 6.45) is 8.07. The van der Waals surface area contributed by atoms with E-state index >= 15 is 0 Å². The lowest BCUT2D eigenvalue weighted by atomic mass is 10.1. The smallest absolute Gasteiger partial charge is 0.134 e. The largest absolute Gasteiger partial charge is 0.460 e. The summed E-state index contributed by atoms with van der Waals surface area (Å²) in [5, 5.41) is 1.20. The third-order valence-corrected chi connectivity index (χ3v) is 4.30. The number of fused-ring (bicyclic) bond motifs is 1. The summed E-state index contributed by atoms with van der Waals surface area (Å²) >= 11 is 4.58. The fourth-order valence-electron chi connectivity index (χ4n) is 2.98. The van der Waals surface area contributed by atoms with Crippen molar-refractivity contribution in [2.45, 2.75) is 58.9 Å². The molecule has 0 aliphatic heterocycles. The molecule has 5 heteroatoms. The summed E-state index contributed by atoms with van der Waals surface area (Å²) < 4.78 is 8.32. The average molecular weight is 628 g/mol. The minimum absolute atomic E-state index is 0.900. The van der Waals surface area contributed by atoms with E-state index in [0.717, 1.165) is 24.4 Å². The maximum Gasteiger partial charge on any atom is 0.134 e. The van der Waals surface area contributed by atoms with Crippen LogP contribution in [-0.2, 0) is 6.54 Å². The van der Waals surface area contributed by atoms with Crippen LogP contribution in [0.3, 0.4) is 0 Å². The third kappa shape index (κ3) is 16.5. The van der Waals surface area contributed by atoms with Gasteiger partial charge in [-0.05, 0) is 68.1 Å². The Morgan fingerprint density at radius 3 is 1.86 bits per heavy atom. The van der Waals surface area contributed by atoms with Crippen LogP contribution in [0, 0.1) is 0 Å². The average Bonchev–Trinajstić information content (AvgIpc) is 3.07. The van der Waals surface area contributed by atoms with Crippen molar-refractivity contribution in [2.75, 3.05) is 43.1 Å². The number of halogens is 2. The zero-order valence-electron chi connectivity index (χ0n) is 19.2. The molecule has 0 spiro atoms. The molecule has 2 aromatic rings. The molecule has 0 saturated heterocycles. The summed E-state index contributed by atoms with van der Waals surface area (Å²) in [5.41, 5.74) is 0.994. The molecule has 0 unspecified atom stereocenters. The molecule has 1 aromatic carbocycles. The minimum atomic E-state index is 0.900. The summed E-state index contributed by atoms with van der Waals surface area (Å²) in [6.45, 7) is 7.49. The standard InChI is InChI=1S/C20H32N2O.2C2H5I/c1-21(2)14-10-6-4-5-7-11-15-22(3)17-19-16-18-12-8-9-13-20(18)23-19;2*1-2-3/h8-9,12-13,16H,4-7,10-11,14-15,17H2,1-3H3;2*2H2,1H3. The van der Waals surface area contributed by atoms with E-state index in [1.165, 1.54) is 59.3 Å². The number of para-hydroxylation sites is 1. The van der Waals surface area contributed by atoms with E-state index in [1.54, 1.807) is 0 Å². The highest BCUT2D eigenvalue weighted by molar-refractivity contribution is 14.1. The Morgan fingerprint density at radius 1 is 0.793 bits per heavy atom. The van der Waals surface area contributed by atoms with Crippen molar-refractivity contribution in [3.8, 4) is 0 Å². The second kappa shape index (κ2) is 20.1. The Kier molecular flexibility index (Phi) is 20.2. The van der Waals surface area contributed by atoms with Crippen LogP contribution in [0.5, 0.6) is 0 Å². The normalized spacial score (nSPS) is 10.7. The van der Waals surface area contributed by atoms with E-state index in [4.69, 9.17) is 4.42 Å². The van der Waals surface area contributed by atoms with E-state index in [-0.39, 0.29) is 0 Å². The number of rotatable bonds is 11. The number of nitrogens with zero attached hydrogens (tertiary/aromatic N) is 2. The molecule has 29 heavy (non-hydrogen) atoms. The number of alkyl halides is 2. The zero-order chi connectivity index (χ0) is 21.9. The highest BCUT2D eigenvalue weighted by atomic mass is 127. The molecule has 0 saturated carbocycles. The predicted molar refractivity (Wildman–Crippen MR) is 148 cm³/mol. The summed E-state index contributed by atoms with van der Waals surface area (Å²) in [6, 6.07) is 10.4. The number of benzene rings is 1. The van der Waals surface area contributed by atoms with Crippen molar-refractivity contribution in [3.05, 3.63) is 36.1 Å². The molecule has 0 fully saturated rings. The van der Waals surface area contributed by atoms with E-state index in [2.05, 4.69) is 108 Å². The maximum atomic E-state index is 5.88. The second-order valence-electron chi connectivity index (χ2n) is 7.45. The first-order chi connectivity index (χ1) is 14.0. The molecule has 0 bridgehead atoms. The fraction of sp³-hybridized carbons (Fsp3) is 0.667. The highest BCUT2D eigenvalue weighted by Crippen LogP contribution is 2.19. The monoisotopic (exact) mass is 628 g/mol. The molecule has 1 heterocycles. The van der Waals surface area contributed by atoms with Crippen molar-refractivity contribution in [2.24, 2.45) is 0 Å². The molecule has 168 valence electrons. The van der Waals surface area contributed by atoms with E-state index in [9.17, 15) is 0 Å². The molecule has 0 N–H and O–H groups in total. The first-order valence-corrected chi connectivity index (χ1v) is 14.0. The Morgan fingerprint density at radius 2 is 1.31 bits per heavy atom. The fourth-order valence-corrected chi connectivity index (χ4v) is 2.98. The lowest BCUT2D eigenvalue weighted by Crippen LogP contribution is -2.18. The topological polar surface area (TPSA) is 19.6 Å². The van der Waals surface area contributed by atoms with Crippen LogP contribution in [0.4, 0.5) is 0 Å². The van der Waals surface area contributed by atoms with Gasteiger partial charge in [0.1, 0.15) is 11.3 Å². The summed E-state index contributed by atoms with van der Waals surface area (Å²) in [7, 11) is 6.49. The number of hydrogen-bond donors (Lipinski definition) is 0. The van der Waals surface area contributed by atoms with Gasteiger partial charge in [0, 0.05) is 5.39 Å². The van der Waals surface area contributed by atoms with Crippen LogP contribution in [-0.4, -0.2) is 52.9 Å². The molecular weight excluding hydrogens is 586 g/mol. The lowest BCUT2D eigenvalue weighted by Gasteiger charge is -2.14. The molecule has 0 radical (unpaired) electrons. The van der Waals surface area contributed by atoms with Crippen LogP contribution in [0.15, 0.2) is 34.7 Å². The van der Waals surface area contributed by atoms with Gasteiger partial charge < -0.3 is 9.32 Å². The molecular formula is C24H42I2N2O. The molecule has 0 atom stereocenters. The van der Waals surface area contributed by atoms with Crippen LogP contribution in [0.1, 0.15) is 58.1 Å². The minimum Gasteiger partial charge on any atom is -0.460 e. The number of unbranched alkanes of at least 4 members (excludes halogenated alkanes) is 5. The Balaban J connectivity index is 0.00000116. The quantitative estimate of drug-likeness (QED) is 0.145. The molecule has 0 amide bonds. The van der Waals surface area contributed by atoms with Crippen molar-refractivity contribution >= 4 is 56.2 Å². The van der Waals surface area contributed by atoms with Gasteiger partial charge in [-0.1, -0.05) is 103 Å². The highest BCUT2D eigenvalue weighted by Gasteiger charge is 2.06. The van der Waals surface area contributed by atoms with E-state index in [0.29, 0.717) is 0 Å². The molecule has 3 nitrogen and oxygen atoms in total. The van der Waals surface area contributed by atoms with Gasteiger partial charge in [0.05, 0.1) is 6.54 Å². The molecule has 0 aliphatic carbocycles. The molecule has 1 aromatic heterocycles. The van der Waals surface area contributed by atoms with Gasteiger partial charge in [-0.25, -0.2) is 0 Å². The zero-order valence-corrected chi connectivity index (χ0v) is 23.5. The Bertz CT molecular complexity index is 566. The van der Waals surface area contributed by atoms with Gasteiger partial charge in [0.15, 0.2) is 0 Å². The first kappa shape index (κ1) is 29.1. The van der Waals surface area contributed by atoms with Gasteiger partial charge >= 0.3 is 0 Å². The lowest BCUT2D eigenvalue weighted by molar-refractivity contribution is 0.291. The van der Waals surface area contributed by atoms with Crippen LogP contribution in [0.2, 0.25) is 0 Å². The second-order valence-corrected chi connectivity index (χ2v) is 10.5. The third-order valence-electron chi connectivity index (χ3n) is 4.30. The van der Waals surface area contributed by atoms with Crippen molar-refractivity contribution in [1.82, 2.24) is 9.80 Å². The van der Waals surface area contributed by atoms with Crippen LogP contribution in [0.25, 0.3) is 11.0 Å². The molecule has 2 rings (SSSR count). The number of furan rings is 1. The van der Waals surface area contributed by atoms with E-state index < -0.39 is 0 Å². The Hall–Kier alpha value is 0.140. The van der Waals surface area contributed by atoms with Crippen molar-refractivity contribution in [1.29, 1.82) is 0 Å². The van der Waals surface area contributed by atoms with Gasteiger partial charge in [0.25, 0.3) is 0 Å². The Labute approximate surface area is 207 Å². The SMILES string of the molecule is CCI.CCI.CN(C)CCCCCCCCN(C)Cc1cc2ccccc2o1. The molecule has 0 aliphatic rings. The van der Waals surface area contributed by atoms with Crippen molar-refractivity contribution in [3.63, 3.8) is 0 Å². The van der Waals surface area contributed by atoms with Gasteiger partial charge in [0.2, 0.25) is 0 Å².